The molecule has 3 atom stereocenters. The van der Waals surface area contributed by atoms with Crippen molar-refractivity contribution < 1.29 is 14.1 Å². The molecule has 1 aliphatic heterocycles. The number of nitrogens with one attached hydrogen (secondary N) is 1. The Hall–Kier alpha value is -4.69. The summed E-state index contributed by atoms with van der Waals surface area (Å²) in [6, 6.07) is 14.0. The van der Waals surface area contributed by atoms with E-state index in [9.17, 15) is 19.6 Å². The first-order valence-corrected chi connectivity index (χ1v) is 18.3. The van der Waals surface area contributed by atoms with E-state index in [1.165, 1.54) is 0 Å². The lowest BCUT2D eigenvalue weighted by Gasteiger charge is -2.39. The van der Waals surface area contributed by atoms with Crippen LogP contribution in [0.1, 0.15) is 108 Å². The van der Waals surface area contributed by atoms with Gasteiger partial charge in [-0.2, -0.15) is 15.0 Å². The van der Waals surface area contributed by atoms with Crippen LogP contribution in [0.5, 0.6) is 0 Å². The Bertz CT molecular complexity index is 1820. The summed E-state index contributed by atoms with van der Waals surface area (Å²) >= 11 is 0. The molecular formula is C40H51N7O4. The minimum atomic E-state index is -0.971. The van der Waals surface area contributed by atoms with E-state index in [1.807, 2.05) is 37.2 Å². The van der Waals surface area contributed by atoms with Crippen molar-refractivity contribution in [2.75, 3.05) is 41.3 Å². The highest BCUT2D eigenvalue weighted by molar-refractivity contribution is 5.94. The summed E-state index contributed by atoms with van der Waals surface area (Å²) < 4.78 is 7.82. The number of fused-ring (bicyclic) bond motifs is 2. The summed E-state index contributed by atoms with van der Waals surface area (Å²) in [4.78, 5) is 50.0. The van der Waals surface area contributed by atoms with Crippen molar-refractivity contribution in [3.63, 3.8) is 0 Å². The highest BCUT2D eigenvalue weighted by atomic mass is 16.5. The van der Waals surface area contributed by atoms with Crippen LogP contribution in [0.15, 0.2) is 52.3 Å². The van der Waals surface area contributed by atoms with Gasteiger partial charge in [-0.05, 0) is 97.9 Å². The van der Waals surface area contributed by atoms with Crippen molar-refractivity contribution in [2.24, 2.45) is 0 Å². The molecule has 11 nitrogen and oxygen atoms in total. The van der Waals surface area contributed by atoms with Gasteiger partial charge in [0.1, 0.15) is 6.04 Å². The highest BCUT2D eigenvalue weighted by Gasteiger charge is 2.47. The number of likely N-dealkylation sites (tertiary alicyclic amines) is 1. The fourth-order valence-electron chi connectivity index (χ4n) is 8.45. The zero-order chi connectivity index (χ0) is 36.4. The van der Waals surface area contributed by atoms with Gasteiger partial charge >= 0.3 is 5.76 Å². The second-order valence-electron chi connectivity index (χ2n) is 15.0. The van der Waals surface area contributed by atoms with Crippen molar-refractivity contribution in [2.45, 2.75) is 94.7 Å². The number of aryl methyl sites for hydroxylation is 2. The quantitative estimate of drug-likeness (QED) is 0.318. The van der Waals surface area contributed by atoms with E-state index < -0.39 is 17.2 Å². The van der Waals surface area contributed by atoms with Gasteiger partial charge in [-0.25, -0.2) is 4.79 Å². The Balaban J connectivity index is 1.55. The first-order chi connectivity index (χ1) is 24.4. The molecule has 2 fully saturated rings. The highest BCUT2D eigenvalue weighted by Crippen LogP contribution is 2.49. The Morgan fingerprint density at radius 1 is 1.00 bits per heavy atom. The molecule has 2 unspecified atom stereocenters. The molecule has 6 rings (SSSR count). The molecule has 270 valence electrons. The first kappa shape index (κ1) is 36.1. The topological polar surface area (TPSA) is 128 Å². The third-order valence-corrected chi connectivity index (χ3v) is 11.1. The van der Waals surface area contributed by atoms with Gasteiger partial charge in [0.15, 0.2) is 5.82 Å². The molecule has 0 radical (unpaired) electrons. The number of rotatable bonds is 10. The first-order valence-electron chi connectivity index (χ1n) is 18.3. The molecule has 2 aliphatic carbocycles. The third kappa shape index (κ3) is 6.98. The molecule has 3 aliphatic rings. The van der Waals surface area contributed by atoms with E-state index in [0.717, 1.165) is 72.0 Å². The van der Waals surface area contributed by atoms with Crippen molar-refractivity contribution in [3.05, 3.63) is 92.7 Å². The number of aromatic nitrogens is 2. The van der Waals surface area contributed by atoms with Crippen molar-refractivity contribution in [1.82, 2.24) is 29.7 Å². The molecular weight excluding hydrogens is 642 g/mol. The SMILES string of the molecule is C=C(c1ccc2c(c1)CCc1cc(C(=O)N(C)C)ccc1C2(C[C@H](C)NCC(=O)N1CCCC1C#N)c1nc(=O)on1C1CCCCC1)N(C)C. The number of amides is 2. The maximum absolute atomic E-state index is 13.4. The summed E-state index contributed by atoms with van der Waals surface area (Å²) in [7, 11) is 7.46. The van der Waals surface area contributed by atoms with Crippen LogP contribution >= 0.6 is 0 Å². The Kier molecular flexibility index (Phi) is 10.5. The van der Waals surface area contributed by atoms with Crippen LogP contribution in [-0.2, 0) is 23.1 Å². The van der Waals surface area contributed by atoms with Gasteiger partial charge in [-0.15, -0.1) is 0 Å². The number of benzene rings is 2. The van der Waals surface area contributed by atoms with Crippen LogP contribution in [0.3, 0.4) is 0 Å². The summed E-state index contributed by atoms with van der Waals surface area (Å²) in [5.74, 6) is -0.257. The zero-order valence-corrected chi connectivity index (χ0v) is 30.7. The van der Waals surface area contributed by atoms with Crippen molar-refractivity contribution >= 4 is 17.5 Å². The van der Waals surface area contributed by atoms with Crippen LogP contribution in [-0.4, -0.2) is 89.6 Å². The van der Waals surface area contributed by atoms with Crippen LogP contribution in [0.4, 0.5) is 0 Å². The van der Waals surface area contributed by atoms with E-state index in [4.69, 9.17) is 9.51 Å². The van der Waals surface area contributed by atoms with Crippen LogP contribution in [0.2, 0.25) is 0 Å². The second-order valence-corrected chi connectivity index (χ2v) is 15.0. The largest absolute Gasteiger partial charge is 0.459 e. The number of carbonyl (C=O) groups is 2. The number of hydrogen-bond acceptors (Lipinski definition) is 8. The maximum Gasteiger partial charge on any atom is 0.459 e. The molecule has 1 saturated heterocycles. The summed E-state index contributed by atoms with van der Waals surface area (Å²) in [6.07, 6.45) is 8.34. The fourth-order valence-corrected chi connectivity index (χ4v) is 8.45. The van der Waals surface area contributed by atoms with Crippen molar-refractivity contribution in [3.8, 4) is 6.07 Å². The number of nitrogens with zero attached hydrogens (tertiary/aromatic N) is 6. The third-order valence-electron chi connectivity index (χ3n) is 11.1. The number of carbonyl (C=O) groups excluding carboxylic acids is 2. The average molecular weight is 694 g/mol. The van der Waals surface area contributed by atoms with Crippen LogP contribution in [0, 0.1) is 11.3 Å². The summed E-state index contributed by atoms with van der Waals surface area (Å²) in [5, 5.41) is 13.1. The monoisotopic (exact) mass is 693 g/mol. The van der Waals surface area contributed by atoms with Gasteiger partial charge in [-0.1, -0.05) is 44.0 Å². The summed E-state index contributed by atoms with van der Waals surface area (Å²) in [6.45, 7) is 7.06. The lowest BCUT2D eigenvalue weighted by molar-refractivity contribution is -0.130. The fraction of sp³-hybridized carbons (Fsp3) is 0.525. The van der Waals surface area contributed by atoms with Gasteiger partial charge in [-0.3, -0.25) is 9.59 Å². The molecule has 0 spiro atoms. The molecule has 3 aromatic rings. The van der Waals surface area contributed by atoms with E-state index in [0.29, 0.717) is 43.6 Å². The molecule has 1 N–H and O–H groups in total. The zero-order valence-electron chi connectivity index (χ0n) is 30.7. The molecule has 2 amide bonds. The van der Waals surface area contributed by atoms with Crippen LogP contribution < -0.4 is 11.1 Å². The van der Waals surface area contributed by atoms with Crippen molar-refractivity contribution in [1.29, 1.82) is 5.26 Å². The smallest absolute Gasteiger partial charge is 0.378 e. The Morgan fingerprint density at radius 2 is 1.65 bits per heavy atom. The minimum absolute atomic E-state index is 0.0127. The summed E-state index contributed by atoms with van der Waals surface area (Å²) in [5.41, 5.74) is 5.62. The molecule has 1 saturated carbocycles. The molecule has 2 aromatic carbocycles. The average Bonchev–Trinajstić information content (AvgIpc) is 3.75. The van der Waals surface area contributed by atoms with Crippen LogP contribution in [0.25, 0.3) is 5.70 Å². The minimum Gasteiger partial charge on any atom is -0.378 e. The standard InChI is InChI=1S/C40H51N7O4/c1-26(42-25-36(48)46-20-10-13-33(46)24-41)23-40(38-43-39(50)51-47(38)32-11-8-7-9-12-32)34-18-16-28(27(2)44(3)4)21-29(34)14-15-30-22-31(17-19-35(30)40)37(49)45(5)6/h16-19,21-22,26,32-33,42H,2,7-15,20,23,25H2,1,3-6H3/t26-,33?,40?/m0/s1. The molecule has 1 aromatic heterocycles. The van der Waals surface area contributed by atoms with E-state index in [2.05, 4.69) is 43.1 Å². The Labute approximate surface area is 300 Å². The second kappa shape index (κ2) is 14.9. The maximum atomic E-state index is 13.4. The molecule has 2 heterocycles. The normalized spacial score (nSPS) is 20.9. The van der Waals surface area contributed by atoms with Gasteiger partial charge in [0.25, 0.3) is 5.91 Å². The number of nitriles is 1. The molecule has 11 heteroatoms. The lowest BCUT2D eigenvalue weighted by atomic mass is 9.67. The predicted octanol–water partition coefficient (Wildman–Crippen LogP) is 4.89. The molecule has 51 heavy (non-hydrogen) atoms. The van der Waals surface area contributed by atoms with Gasteiger partial charge < -0.3 is 24.5 Å². The van der Waals surface area contributed by atoms with Gasteiger partial charge in [0.2, 0.25) is 5.91 Å². The van der Waals surface area contributed by atoms with E-state index in [-0.39, 0.29) is 30.4 Å². The van der Waals surface area contributed by atoms with Gasteiger partial charge in [0.05, 0.1) is 24.1 Å². The van der Waals surface area contributed by atoms with E-state index >= 15 is 0 Å². The predicted molar refractivity (Wildman–Crippen MR) is 196 cm³/mol. The van der Waals surface area contributed by atoms with E-state index in [1.54, 1.807) is 28.6 Å². The molecule has 0 bridgehead atoms. The Morgan fingerprint density at radius 3 is 2.27 bits per heavy atom. The van der Waals surface area contributed by atoms with Gasteiger partial charge in [0, 0.05) is 52.0 Å². The number of hydrogen-bond donors (Lipinski definition) is 1. The lowest BCUT2D eigenvalue weighted by Crippen LogP contribution is -2.46.